The monoisotopic (exact) mass is 300 g/mol. The molecule has 0 aliphatic carbocycles. The second-order valence-electron chi connectivity index (χ2n) is 3.85. The van der Waals surface area contributed by atoms with Crippen LogP contribution in [0.15, 0.2) is 41.4 Å². The summed E-state index contributed by atoms with van der Waals surface area (Å²) in [5.41, 5.74) is 0.671. The van der Waals surface area contributed by atoms with Gasteiger partial charge in [0.05, 0.1) is 5.02 Å². The van der Waals surface area contributed by atoms with Gasteiger partial charge in [-0.15, -0.1) is 0 Å². The molecule has 1 N–H and O–H groups in total. The number of aromatic nitrogens is 1. The zero-order chi connectivity index (χ0) is 14.0. The molecule has 0 bridgehead atoms. The van der Waals surface area contributed by atoms with E-state index in [2.05, 4.69) is 9.71 Å². The van der Waals surface area contributed by atoms with Crippen LogP contribution in [0.3, 0.4) is 0 Å². The van der Waals surface area contributed by atoms with E-state index >= 15 is 0 Å². The van der Waals surface area contributed by atoms with Gasteiger partial charge in [-0.2, -0.15) is 0 Å². The Hall–Kier alpha value is -1.66. The van der Waals surface area contributed by atoms with Crippen molar-refractivity contribution in [2.45, 2.75) is 11.8 Å². The number of nitrogens with one attached hydrogen (secondary N) is 1. The van der Waals surface area contributed by atoms with Gasteiger partial charge in [0.2, 0.25) is 0 Å². The third-order valence-electron chi connectivity index (χ3n) is 2.42. The van der Waals surface area contributed by atoms with Crippen LogP contribution in [0.1, 0.15) is 5.56 Å². The Balaban J connectivity index is 2.41. The van der Waals surface area contributed by atoms with Crippen LogP contribution in [0.2, 0.25) is 5.02 Å². The topological polar surface area (TPSA) is 59.1 Å². The second-order valence-corrected chi connectivity index (χ2v) is 5.91. The molecule has 0 saturated carbocycles. The van der Waals surface area contributed by atoms with Crippen molar-refractivity contribution >= 4 is 27.4 Å². The number of sulfonamides is 1. The minimum absolute atomic E-state index is 0.180. The second kappa shape index (κ2) is 5.14. The lowest BCUT2D eigenvalue weighted by Crippen LogP contribution is -2.15. The fourth-order valence-electron chi connectivity index (χ4n) is 1.47. The van der Waals surface area contributed by atoms with Crippen LogP contribution >= 0.6 is 11.6 Å². The Morgan fingerprint density at radius 2 is 2.05 bits per heavy atom. The Bertz CT molecular complexity index is 719. The van der Waals surface area contributed by atoms with Gasteiger partial charge in [-0.05, 0) is 36.8 Å². The van der Waals surface area contributed by atoms with Gasteiger partial charge in [0.15, 0.2) is 0 Å². The Morgan fingerprint density at radius 3 is 2.68 bits per heavy atom. The number of anilines is 1. The number of benzene rings is 1. The van der Waals surface area contributed by atoms with Crippen LogP contribution in [0.25, 0.3) is 0 Å². The first kappa shape index (κ1) is 13.8. The van der Waals surface area contributed by atoms with Crippen molar-refractivity contribution in [2.24, 2.45) is 0 Å². The molecule has 0 spiro atoms. The molecule has 2 rings (SSSR count). The molecule has 0 saturated heterocycles. The molecule has 19 heavy (non-hydrogen) atoms. The normalized spacial score (nSPS) is 11.3. The van der Waals surface area contributed by atoms with Crippen LogP contribution in [-0.4, -0.2) is 13.4 Å². The molecule has 1 aromatic heterocycles. The van der Waals surface area contributed by atoms with E-state index < -0.39 is 15.8 Å². The van der Waals surface area contributed by atoms with Gasteiger partial charge in [0, 0.05) is 6.20 Å². The first-order valence-corrected chi connectivity index (χ1v) is 7.16. The predicted octanol–water partition coefficient (Wildman–Crippen LogP) is 2.98. The van der Waals surface area contributed by atoms with E-state index in [0.717, 1.165) is 18.2 Å². The Morgan fingerprint density at radius 1 is 1.32 bits per heavy atom. The Kier molecular flexibility index (Phi) is 3.73. The number of pyridine rings is 1. The summed E-state index contributed by atoms with van der Waals surface area (Å²) in [7, 11) is -3.89. The molecule has 0 atom stereocenters. The van der Waals surface area contributed by atoms with Gasteiger partial charge < -0.3 is 0 Å². The maximum Gasteiger partial charge on any atom is 0.264 e. The fourth-order valence-corrected chi connectivity index (χ4v) is 3.08. The van der Waals surface area contributed by atoms with E-state index in [4.69, 9.17) is 11.6 Å². The van der Waals surface area contributed by atoms with E-state index in [0.29, 0.717) is 5.56 Å². The van der Waals surface area contributed by atoms with Crippen molar-refractivity contribution < 1.29 is 12.8 Å². The fraction of sp³-hybridized carbons (Fsp3) is 0.0833. The van der Waals surface area contributed by atoms with Crippen LogP contribution < -0.4 is 4.72 Å². The molecule has 1 heterocycles. The number of halogens is 2. The SMILES string of the molecule is Cc1cccnc1NS(=O)(=O)c1ccc(F)cc1Cl. The highest BCUT2D eigenvalue weighted by molar-refractivity contribution is 7.92. The van der Waals surface area contributed by atoms with Crippen molar-refractivity contribution in [3.8, 4) is 0 Å². The van der Waals surface area contributed by atoms with Gasteiger partial charge >= 0.3 is 0 Å². The van der Waals surface area contributed by atoms with Gasteiger partial charge in [-0.3, -0.25) is 4.72 Å². The van der Waals surface area contributed by atoms with Gasteiger partial charge in [-0.1, -0.05) is 17.7 Å². The summed E-state index contributed by atoms with van der Waals surface area (Å²) < 4.78 is 39.5. The third kappa shape index (κ3) is 3.02. The molecule has 0 unspecified atom stereocenters. The summed E-state index contributed by atoms with van der Waals surface area (Å²) in [6.07, 6.45) is 1.47. The molecule has 0 amide bonds. The summed E-state index contributed by atoms with van der Waals surface area (Å²) in [4.78, 5) is 3.73. The van der Waals surface area contributed by atoms with Crippen molar-refractivity contribution in [3.05, 3.63) is 52.9 Å². The lowest BCUT2D eigenvalue weighted by atomic mass is 10.3. The van der Waals surface area contributed by atoms with Crippen molar-refractivity contribution in [2.75, 3.05) is 4.72 Å². The molecule has 100 valence electrons. The summed E-state index contributed by atoms with van der Waals surface area (Å²) in [5.74, 6) is -0.388. The highest BCUT2D eigenvalue weighted by atomic mass is 35.5. The quantitative estimate of drug-likeness (QED) is 0.948. The van der Waals surface area contributed by atoms with Crippen LogP contribution in [-0.2, 0) is 10.0 Å². The first-order valence-electron chi connectivity index (χ1n) is 5.29. The largest absolute Gasteiger partial charge is 0.264 e. The van der Waals surface area contributed by atoms with Gasteiger partial charge in [-0.25, -0.2) is 17.8 Å². The molecule has 0 radical (unpaired) electrons. The lowest BCUT2D eigenvalue weighted by molar-refractivity contribution is 0.599. The summed E-state index contributed by atoms with van der Waals surface area (Å²) >= 11 is 5.74. The highest BCUT2D eigenvalue weighted by Crippen LogP contribution is 2.24. The molecule has 1 aromatic carbocycles. The number of aryl methyl sites for hydroxylation is 1. The van der Waals surface area contributed by atoms with E-state index in [-0.39, 0.29) is 15.7 Å². The van der Waals surface area contributed by atoms with Crippen molar-refractivity contribution in [1.82, 2.24) is 4.98 Å². The molecule has 2 aromatic rings. The minimum Gasteiger partial charge on any atom is -0.263 e. The average molecular weight is 301 g/mol. The predicted molar refractivity (Wildman–Crippen MR) is 71.2 cm³/mol. The third-order valence-corrected chi connectivity index (χ3v) is 4.25. The lowest BCUT2D eigenvalue weighted by Gasteiger charge is -2.10. The van der Waals surface area contributed by atoms with Crippen LogP contribution in [0, 0.1) is 12.7 Å². The first-order chi connectivity index (χ1) is 8.90. The minimum atomic E-state index is -3.89. The zero-order valence-corrected chi connectivity index (χ0v) is 11.5. The summed E-state index contributed by atoms with van der Waals surface area (Å²) in [6, 6.07) is 6.50. The molecule has 0 aliphatic rings. The molecule has 7 heteroatoms. The van der Waals surface area contributed by atoms with E-state index in [1.165, 1.54) is 6.20 Å². The van der Waals surface area contributed by atoms with Crippen LogP contribution in [0.4, 0.5) is 10.2 Å². The summed E-state index contributed by atoms with van der Waals surface area (Å²) in [6.45, 7) is 1.72. The molecule has 0 fully saturated rings. The molecule has 0 aliphatic heterocycles. The zero-order valence-electron chi connectivity index (χ0n) is 9.89. The van der Waals surface area contributed by atoms with Gasteiger partial charge in [0.1, 0.15) is 16.5 Å². The maximum atomic E-state index is 12.9. The number of rotatable bonds is 3. The average Bonchev–Trinajstić information content (AvgIpc) is 2.31. The van der Waals surface area contributed by atoms with E-state index in [1.54, 1.807) is 19.1 Å². The molecule has 4 nitrogen and oxygen atoms in total. The molecular weight excluding hydrogens is 291 g/mol. The van der Waals surface area contributed by atoms with E-state index in [1.807, 2.05) is 0 Å². The maximum absolute atomic E-state index is 12.9. The number of hydrogen-bond donors (Lipinski definition) is 1. The summed E-state index contributed by atoms with van der Waals surface area (Å²) in [5, 5.41) is -0.180. The van der Waals surface area contributed by atoms with Crippen molar-refractivity contribution in [3.63, 3.8) is 0 Å². The number of hydrogen-bond acceptors (Lipinski definition) is 3. The Labute approximate surface area is 115 Å². The highest BCUT2D eigenvalue weighted by Gasteiger charge is 2.19. The van der Waals surface area contributed by atoms with Crippen molar-refractivity contribution in [1.29, 1.82) is 0 Å². The van der Waals surface area contributed by atoms with E-state index in [9.17, 15) is 12.8 Å². The molecular formula is C12H10ClFN2O2S. The van der Waals surface area contributed by atoms with Gasteiger partial charge in [0.25, 0.3) is 10.0 Å². The number of nitrogens with zero attached hydrogens (tertiary/aromatic N) is 1. The smallest absolute Gasteiger partial charge is 0.263 e. The standard InChI is InChI=1S/C12H10ClFN2O2S/c1-8-3-2-6-15-12(8)16-19(17,18)11-5-4-9(14)7-10(11)13/h2-7H,1H3,(H,15,16). The van der Waals surface area contributed by atoms with Crippen LogP contribution in [0.5, 0.6) is 0 Å².